The van der Waals surface area contributed by atoms with Crippen LogP contribution in [0.15, 0.2) is 16.1 Å². The SMILES string of the molecule is CN=CNc1nc2c(ncn2[C@@H]2O[C@H](CO)C(N)C2O)c(=O)[nH]1. The molecule has 2 unspecified atom stereocenters. The van der Waals surface area contributed by atoms with Crippen LogP contribution < -0.4 is 16.6 Å². The summed E-state index contributed by atoms with van der Waals surface area (Å²) in [7, 11) is 1.56. The van der Waals surface area contributed by atoms with Crippen LogP contribution in [0.4, 0.5) is 5.95 Å². The minimum atomic E-state index is -1.07. The van der Waals surface area contributed by atoms with Crippen molar-refractivity contribution in [3.8, 4) is 0 Å². The highest BCUT2D eigenvalue weighted by Gasteiger charge is 2.42. The summed E-state index contributed by atoms with van der Waals surface area (Å²) in [6, 6.07) is -0.755. The molecular weight excluding hydrogens is 306 g/mol. The Balaban J connectivity index is 2.05. The first-order valence-electron chi connectivity index (χ1n) is 6.90. The van der Waals surface area contributed by atoms with Crippen molar-refractivity contribution in [2.75, 3.05) is 19.0 Å². The van der Waals surface area contributed by atoms with Gasteiger partial charge in [0.15, 0.2) is 17.4 Å². The number of H-pyrrole nitrogens is 1. The normalized spacial score (nSPS) is 28.0. The molecule has 2 aromatic rings. The number of aromatic amines is 1. The predicted octanol–water partition coefficient (Wildman–Crippen LogP) is -2.23. The van der Waals surface area contributed by atoms with Crippen molar-refractivity contribution in [3.63, 3.8) is 0 Å². The summed E-state index contributed by atoms with van der Waals surface area (Å²) in [4.78, 5) is 26.5. The molecule has 0 radical (unpaired) electrons. The van der Waals surface area contributed by atoms with Crippen LogP contribution in [0, 0.1) is 0 Å². The molecule has 6 N–H and O–H groups in total. The highest BCUT2D eigenvalue weighted by atomic mass is 16.5. The van der Waals surface area contributed by atoms with Crippen LogP contribution in [0.1, 0.15) is 6.23 Å². The van der Waals surface area contributed by atoms with Gasteiger partial charge in [-0.15, -0.1) is 0 Å². The summed E-state index contributed by atoms with van der Waals surface area (Å²) in [6.07, 6.45) is 0.0293. The lowest BCUT2D eigenvalue weighted by Crippen LogP contribution is -2.41. The smallest absolute Gasteiger partial charge is 0.280 e. The van der Waals surface area contributed by atoms with Crippen molar-refractivity contribution in [2.45, 2.75) is 24.5 Å². The van der Waals surface area contributed by atoms with Gasteiger partial charge in [0.2, 0.25) is 5.95 Å². The van der Waals surface area contributed by atoms with Gasteiger partial charge in [0.25, 0.3) is 5.56 Å². The molecule has 11 heteroatoms. The van der Waals surface area contributed by atoms with Crippen molar-refractivity contribution in [1.29, 1.82) is 0 Å². The molecule has 3 heterocycles. The van der Waals surface area contributed by atoms with Crippen LogP contribution >= 0.6 is 0 Å². The number of nitrogens with two attached hydrogens (primary N) is 1. The van der Waals surface area contributed by atoms with Crippen LogP contribution in [0.3, 0.4) is 0 Å². The van der Waals surface area contributed by atoms with E-state index in [1.807, 2.05) is 0 Å². The van der Waals surface area contributed by atoms with Crippen molar-refractivity contribution in [3.05, 3.63) is 16.7 Å². The fraction of sp³-hybridized carbons (Fsp3) is 0.500. The van der Waals surface area contributed by atoms with Gasteiger partial charge in [0.1, 0.15) is 12.2 Å². The van der Waals surface area contributed by atoms with E-state index in [-0.39, 0.29) is 23.7 Å². The Morgan fingerprint density at radius 3 is 3.09 bits per heavy atom. The van der Waals surface area contributed by atoms with Gasteiger partial charge in [0, 0.05) is 7.05 Å². The van der Waals surface area contributed by atoms with E-state index in [1.54, 1.807) is 7.05 Å². The minimum absolute atomic E-state index is 0.0980. The Labute approximate surface area is 129 Å². The fourth-order valence-corrected chi connectivity index (χ4v) is 2.46. The van der Waals surface area contributed by atoms with Crippen LogP contribution in [0.25, 0.3) is 11.2 Å². The predicted molar refractivity (Wildman–Crippen MR) is 81.2 cm³/mol. The molecule has 1 fully saturated rings. The van der Waals surface area contributed by atoms with Crippen molar-refractivity contribution >= 4 is 23.5 Å². The maximum Gasteiger partial charge on any atom is 0.280 e. The number of aliphatic hydroxyl groups is 2. The summed E-state index contributed by atoms with van der Waals surface area (Å²) in [5, 5.41) is 22.1. The minimum Gasteiger partial charge on any atom is -0.394 e. The average molecular weight is 323 g/mol. The quantitative estimate of drug-likeness (QED) is 0.311. The van der Waals surface area contributed by atoms with Gasteiger partial charge < -0.3 is 26.0 Å². The van der Waals surface area contributed by atoms with Gasteiger partial charge in [-0.3, -0.25) is 19.3 Å². The van der Waals surface area contributed by atoms with E-state index < -0.39 is 30.0 Å². The summed E-state index contributed by atoms with van der Waals surface area (Å²) in [5.41, 5.74) is 5.68. The standard InChI is InChI=1S/C12H17N7O4/c1-14-3-15-12-17-9-7(10(22)18-12)16-4-19(9)11-8(21)6(13)5(2-20)23-11/h3-6,8,11,20-21H,2,13H2,1H3,(H2,14,15,17,18,22)/t5-,6?,8?,11-/m1/s1. The van der Waals surface area contributed by atoms with Crippen LogP contribution in [0.2, 0.25) is 0 Å². The third-order valence-electron chi connectivity index (χ3n) is 3.65. The van der Waals surface area contributed by atoms with Gasteiger partial charge in [-0.2, -0.15) is 4.98 Å². The summed E-state index contributed by atoms with van der Waals surface area (Å²) < 4.78 is 6.96. The van der Waals surface area contributed by atoms with Crippen LogP contribution in [-0.2, 0) is 4.74 Å². The number of hydrogen-bond donors (Lipinski definition) is 5. The number of nitrogens with zero attached hydrogens (tertiary/aromatic N) is 4. The zero-order valence-corrected chi connectivity index (χ0v) is 12.2. The Morgan fingerprint density at radius 2 is 2.43 bits per heavy atom. The van der Waals surface area contributed by atoms with E-state index in [9.17, 15) is 15.0 Å². The van der Waals surface area contributed by atoms with E-state index in [0.717, 1.165) is 0 Å². The maximum absolute atomic E-state index is 12.0. The summed E-state index contributed by atoms with van der Waals surface area (Å²) >= 11 is 0. The molecule has 0 amide bonds. The van der Waals surface area contributed by atoms with E-state index in [2.05, 4.69) is 25.3 Å². The molecule has 0 aromatic carbocycles. The van der Waals surface area contributed by atoms with Crippen LogP contribution in [-0.4, -0.2) is 68.0 Å². The number of hydrogen-bond acceptors (Lipinski definition) is 8. The molecule has 0 bridgehead atoms. The zero-order valence-electron chi connectivity index (χ0n) is 12.2. The van der Waals surface area contributed by atoms with Crippen molar-refractivity contribution in [1.82, 2.24) is 19.5 Å². The zero-order chi connectivity index (χ0) is 16.6. The highest BCUT2D eigenvalue weighted by Crippen LogP contribution is 2.29. The number of fused-ring (bicyclic) bond motifs is 1. The van der Waals surface area contributed by atoms with E-state index in [4.69, 9.17) is 10.5 Å². The molecule has 1 aliphatic rings. The van der Waals surface area contributed by atoms with E-state index in [1.165, 1.54) is 17.2 Å². The largest absolute Gasteiger partial charge is 0.394 e. The number of ether oxygens (including phenoxy) is 1. The summed E-state index contributed by atoms with van der Waals surface area (Å²) in [5.74, 6) is 0.172. The third kappa shape index (κ3) is 2.59. The number of rotatable bonds is 4. The molecule has 23 heavy (non-hydrogen) atoms. The fourth-order valence-electron chi connectivity index (χ4n) is 2.46. The number of nitrogens with one attached hydrogen (secondary N) is 2. The molecule has 0 spiro atoms. The first-order valence-corrected chi connectivity index (χ1v) is 6.90. The molecule has 0 aliphatic carbocycles. The van der Waals surface area contributed by atoms with E-state index in [0.29, 0.717) is 0 Å². The van der Waals surface area contributed by atoms with Gasteiger partial charge in [-0.1, -0.05) is 0 Å². The van der Waals surface area contributed by atoms with Gasteiger partial charge in [0.05, 0.1) is 25.3 Å². The van der Waals surface area contributed by atoms with E-state index >= 15 is 0 Å². The van der Waals surface area contributed by atoms with Crippen molar-refractivity contribution < 1.29 is 14.9 Å². The monoisotopic (exact) mass is 323 g/mol. The van der Waals surface area contributed by atoms with Crippen molar-refractivity contribution in [2.24, 2.45) is 10.7 Å². The molecule has 1 aliphatic heterocycles. The first-order chi connectivity index (χ1) is 11.1. The first kappa shape index (κ1) is 15.6. The number of aliphatic imine (C=N–C) groups is 1. The van der Waals surface area contributed by atoms with Gasteiger partial charge in [-0.25, -0.2) is 4.98 Å². The average Bonchev–Trinajstić information content (AvgIpc) is 3.08. The lowest BCUT2D eigenvalue weighted by Gasteiger charge is -2.16. The third-order valence-corrected chi connectivity index (χ3v) is 3.65. The Bertz CT molecular complexity index is 785. The Hall–Kier alpha value is -2.34. The number of imidazole rings is 1. The van der Waals surface area contributed by atoms with Gasteiger partial charge in [-0.05, 0) is 0 Å². The molecule has 2 aromatic heterocycles. The number of aromatic nitrogens is 4. The topological polar surface area (TPSA) is 164 Å². The Kier molecular flexibility index (Phi) is 4.09. The second-order valence-corrected chi connectivity index (χ2v) is 5.09. The number of aliphatic hydroxyl groups excluding tert-OH is 2. The highest BCUT2D eigenvalue weighted by molar-refractivity contribution is 5.76. The molecule has 0 saturated carbocycles. The van der Waals surface area contributed by atoms with Crippen LogP contribution in [0.5, 0.6) is 0 Å². The number of anilines is 1. The molecule has 1 saturated heterocycles. The molecule has 4 atom stereocenters. The lowest BCUT2D eigenvalue weighted by atomic mass is 10.1. The lowest BCUT2D eigenvalue weighted by molar-refractivity contribution is -0.0488. The second kappa shape index (κ2) is 6.04. The Morgan fingerprint density at radius 1 is 1.65 bits per heavy atom. The molecule has 3 rings (SSSR count). The van der Waals surface area contributed by atoms with Gasteiger partial charge >= 0.3 is 0 Å². The molecular formula is C12H17N7O4. The second-order valence-electron chi connectivity index (χ2n) is 5.09. The maximum atomic E-state index is 12.0. The molecule has 11 nitrogen and oxygen atoms in total. The summed E-state index contributed by atoms with van der Waals surface area (Å²) in [6.45, 7) is -0.324. The molecule has 124 valence electrons.